The van der Waals surface area contributed by atoms with Gasteiger partial charge in [-0.25, -0.2) is 8.78 Å². The van der Waals surface area contributed by atoms with E-state index in [0.29, 0.717) is 28.8 Å². The molecule has 0 aromatic carbocycles. The molecule has 0 bridgehead atoms. The van der Waals surface area contributed by atoms with Gasteiger partial charge in [-0.05, 0) is 71.7 Å². The SMILES string of the molecule is [B]C1=CC=C(C2=CC=C(C3=C(F)C(F)=C(c4ccc([B])s4)CC3)CC2)CC1. The molecule has 5 heteroatoms. The fourth-order valence-corrected chi connectivity index (χ4v) is 4.70. The summed E-state index contributed by atoms with van der Waals surface area (Å²) in [6.45, 7) is 0. The quantitative estimate of drug-likeness (QED) is 0.599. The summed E-state index contributed by atoms with van der Waals surface area (Å²) in [5.74, 6) is -1.44. The van der Waals surface area contributed by atoms with E-state index in [2.05, 4.69) is 12.2 Å². The van der Waals surface area contributed by atoms with Crippen molar-refractivity contribution in [1.82, 2.24) is 0 Å². The predicted octanol–water partition coefficient (Wildman–Crippen LogP) is 5.66. The molecule has 0 saturated carbocycles. The van der Waals surface area contributed by atoms with E-state index < -0.39 is 11.7 Å². The molecule has 0 unspecified atom stereocenters. The summed E-state index contributed by atoms with van der Waals surface area (Å²) >= 11 is 1.30. The minimum Gasteiger partial charge on any atom is -0.203 e. The zero-order chi connectivity index (χ0) is 19.0. The predicted molar refractivity (Wildman–Crippen MR) is 112 cm³/mol. The van der Waals surface area contributed by atoms with E-state index in [1.807, 2.05) is 12.2 Å². The number of rotatable bonds is 3. The second-order valence-corrected chi connectivity index (χ2v) is 8.22. The highest BCUT2D eigenvalue weighted by Gasteiger charge is 2.26. The summed E-state index contributed by atoms with van der Waals surface area (Å²) in [6.07, 6.45) is 12.5. The smallest absolute Gasteiger partial charge is 0.163 e. The number of hydrogen-bond donors (Lipinski definition) is 0. The summed E-state index contributed by atoms with van der Waals surface area (Å²) in [7, 11) is 11.5. The Kier molecular flexibility index (Phi) is 5.23. The van der Waals surface area contributed by atoms with Gasteiger partial charge in [-0.2, -0.15) is 11.3 Å². The molecule has 132 valence electrons. The van der Waals surface area contributed by atoms with E-state index in [4.69, 9.17) is 15.7 Å². The van der Waals surface area contributed by atoms with Crippen molar-refractivity contribution in [2.45, 2.75) is 38.5 Å². The Morgan fingerprint density at radius 2 is 1.26 bits per heavy atom. The van der Waals surface area contributed by atoms with Crippen molar-refractivity contribution in [2.75, 3.05) is 0 Å². The first-order valence-corrected chi connectivity index (χ1v) is 10.0. The van der Waals surface area contributed by atoms with Crippen LogP contribution < -0.4 is 4.78 Å². The minimum atomic E-state index is -0.732. The summed E-state index contributed by atoms with van der Waals surface area (Å²) in [4.78, 5) is 0.718. The van der Waals surface area contributed by atoms with Crippen molar-refractivity contribution in [3.63, 3.8) is 0 Å². The Balaban J connectivity index is 1.61. The maximum atomic E-state index is 14.8. The van der Waals surface area contributed by atoms with Gasteiger partial charge in [0.25, 0.3) is 0 Å². The summed E-state index contributed by atoms with van der Waals surface area (Å²) in [5, 5.41) is 0. The van der Waals surface area contributed by atoms with Crippen LogP contribution in [0, 0.1) is 0 Å². The van der Waals surface area contributed by atoms with Crippen LogP contribution in [0.2, 0.25) is 0 Å². The number of thiophene rings is 1. The molecule has 0 fully saturated rings. The average molecular weight is 374 g/mol. The topological polar surface area (TPSA) is 0 Å². The highest BCUT2D eigenvalue weighted by atomic mass is 32.1. The van der Waals surface area contributed by atoms with Gasteiger partial charge >= 0.3 is 0 Å². The van der Waals surface area contributed by atoms with Crippen molar-refractivity contribution in [1.29, 1.82) is 0 Å². The summed E-state index contributed by atoms with van der Waals surface area (Å²) < 4.78 is 30.1. The van der Waals surface area contributed by atoms with Crippen LogP contribution in [0.1, 0.15) is 43.4 Å². The lowest BCUT2D eigenvalue weighted by Gasteiger charge is -2.23. The standard InChI is InChI=1S/C22H18B2F2S/c23-16-7-5-14(6-8-16)13-1-3-15(4-2-13)17-9-10-18(22(26)21(17)25)19-11-12-20(24)27-19/h1,3,5,7,11-12H,2,4,6,8-10H2. The van der Waals surface area contributed by atoms with E-state index in [1.165, 1.54) is 22.5 Å². The monoisotopic (exact) mass is 374 g/mol. The second-order valence-electron chi connectivity index (χ2n) is 7.10. The number of halogens is 2. The molecule has 3 aliphatic rings. The van der Waals surface area contributed by atoms with Crippen LogP contribution in [0.4, 0.5) is 8.78 Å². The molecule has 0 spiro atoms. The summed E-state index contributed by atoms with van der Waals surface area (Å²) in [6, 6.07) is 3.50. The van der Waals surface area contributed by atoms with Gasteiger partial charge in [-0.1, -0.05) is 30.4 Å². The Hall–Kier alpha value is -1.87. The molecule has 27 heavy (non-hydrogen) atoms. The van der Waals surface area contributed by atoms with E-state index in [1.54, 1.807) is 12.1 Å². The lowest BCUT2D eigenvalue weighted by molar-refractivity contribution is 0.526. The molecule has 0 N–H and O–H groups in total. The molecule has 4 radical (unpaired) electrons. The summed E-state index contributed by atoms with van der Waals surface area (Å²) in [5.41, 5.74) is 5.32. The van der Waals surface area contributed by atoms with Gasteiger partial charge in [0.15, 0.2) is 11.7 Å². The maximum absolute atomic E-state index is 14.8. The Labute approximate surface area is 165 Å². The molecule has 3 aliphatic carbocycles. The normalized spacial score (nSPS) is 21.0. The first kappa shape index (κ1) is 18.5. The largest absolute Gasteiger partial charge is 0.203 e. The average Bonchev–Trinajstić information content (AvgIpc) is 3.11. The van der Waals surface area contributed by atoms with Crippen LogP contribution in [-0.4, -0.2) is 15.7 Å². The van der Waals surface area contributed by atoms with Crippen LogP contribution in [0.3, 0.4) is 0 Å². The molecule has 0 saturated heterocycles. The van der Waals surface area contributed by atoms with Crippen molar-refractivity contribution in [3.8, 4) is 0 Å². The van der Waals surface area contributed by atoms with Crippen molar-refractivity contribution in [2.24, 2.45) is 0 Å². The van der Waals surface area contributed by atoms with E-state index in [0.717, 1.165) is 41.6 Å². The van der Waals surface area contributed by atoms with Crippen LogP contribution in [0.5, 0.6) is 0 Å². The lowest BCUT2D eigenvalue weighted by Crippen LogP contribution is -2.06. The minimum absolute atomic E-state index is 0.433. The zero-order valence-electron chi connectivity index (χ0n) is 15.0. The van der Waals surface area contributed by atoms with Gasteiger partial charge in [0.1, 0.15) is 15.7 Å². The molecule has 0 aliphatic heterocycles. The third-order valence-electron chi connectivity index (χ3n) is 5.40. The van der Waals surface area contributed by atoms with Gasteiger partial charge in [0.05, 0.1) is 0 Å². The van der Waals surface area contributed by atoms with E-state index in [-0.39, 0.29) is 0 Å². The molecular weight excluding hydrogens is 356 g/mol. The van der Waals surface area contributed by atoms with Gasteiger partial charge in [-0.15, -0.1) is 5.47 Å². The van der Waals surface area contributed by atoms with Gasteiger partial charge in [0, 0.05) is 10.5 Å². The molecule has 0 nitrogen and oxygen atoms in total. The van der Waals surface area contributed by atoms with Gasteiger partial charge < -0.3 is 0 Å². The van der Waals surface area contributed by atoms with Crippen molar-refractivity contribution >= 4 is 37.4 Å². The molecule has 0 amide bonds. The third-order valence-corrected chi connectivity index (χ3v) is 6.38. The zero-order valence-corrected chi connectivity index (χ0v) is 15.8. The molecule has 4 rings (SSSR count). The van der Waals surface area contributed by atoms with Crippen molar-refractivity contribution in [3.05, 3.63) is 80.7 Å². The molecule has 1 aromatic rings. The molecule has 0 atom stereocenters. The third kappa shape index (κ3) is 3.75. The Morgan fingerprint density at radius 3 is 1.85 bits per heavy atom. The van der Waals surface area contributed by atoms with Crippen LogP contribution >= 0.6 is 11.3 Å². The Bertz CT molecular complexity index is 970. The molecule has 1 heterocycles. The van der Waals surface area contributed by atoms with Crippen LogP contribution in [0.15, 0.2) is 75.9 Å². The highest BCUT2D eigenvalue weighted by Crippen LogP contribution is 2.43. The fraction of sp³-hybridized carbons (Fsp3) is 0.273. The number of hydrogen-bond acceptors (Lipinski definition) is 1. The fourth-order valence-electron chi connectivity index (χ4n) is 3.86. The van der Waals surface area contributed by atoms with Gasteiger partial charge in [-0.3, -0.25) is 0 Å². The first-order valence-electron chi connectivity index (χ1n) is 9.22. The maximum Gasteiger partial charge on any atom is 0.163 e. The van der Waals surface area contributed by atoms with Crippen molar-refractivity contribution < 1.29 is 8.78 Å². The van der Waals surface area contributed by atoms with E-state index >= 15 is 0 Å². The molecular formula is C22H18B2F2S. The second kappa shape index (κ2) is 7.63. The first-order chi connectivity index (χ1) is 13.0. The Morgan fingerprint density at radius 1 is 0.667 bits per heavy atom. The van der Waals surface area contributed by atoms with Crippen LogP contribution in [0.25, 0.3) is 5.57 Å². The van der Waals surface area contributed by atoms with E-state index in [9.17, 15) is 8.78 Å². The van der Waals surface area contributed by atoms with Gasteiger partial charge in [0.2, 0.25) is 0 Å². The number of allylic oxidation sites excluding steroid dienone is 12. The molecule has 1 aromatic heterocycles. The highest BCUT2D eigenvalue weighted by molar-refractivity contribution is 7.20. The van der Waals surface area contributed by atoms with Crippen LogP contribution in [-0.2, 0) is 0 Å². The lowest BCUT2D eigenvalue weighted by atomic mass is 9.80.